The Bertz CT molecular complexity index is 1070. The molecule has 3 rings (SSSR count). The first kappa shape index (κ1) is 23.1. The number of nitrogens with two attached hydrogens (primary N) is 1. The molecule has 0 spiro atoms. The third kappa shape index (κ3) is 6.01. The van der Waals surface area contributed by atoms with Gasteiger partial charge >= 0.3 is 6.18 Å². The highest BCUT2D eigenvalue weighted by Gasteiger charge is 2.31. The number of benzene rings is 3. The van der Waals surface area contributed by atoms with Crippen LogP contribution in [-0.2, 0) is 17.4 Å². The Balaban J connectivity index is 1.81. The third-order valence-corrected chi connectivity index (χ3v) is 4.62. The van der Waals surface area contributed by atoms with Gasteiger partial charge in [-0.05, 0) is 47.0 Å². The smallest absolute Gasteiger partial charge is 0.416 e. The van der Waals surface area contributed by atoms with Crippen LogP contribution in [-0.4, -0.2) is 26.2 Å². The molecule has 0 aliphatic carbocycles. The van der Waals surface area contributed by atoms with Crippen molar-refractivity contribution in [2.75, 3.05) is 25.6 Å². The molecule has 3 aromatic rings. The largest absolute Gasteiger partial charge is 0.493 e. The van der Waals surface area contributed by atoms with E-state index in [-0.39, 0.29) is 12.1 Å². The second-order valence-corrected chi connectivity index (χ2v) is 7.01. The van der Waals surface area contributed by atoms with Crippen molar-refractivity contribution >= 4 is 11.6 Å². The number of rotatable bonds is 8. The monoisotopic (exact) mass is 444 g/mol. The summed E-state index contributed by atoms with van der Waals surface area (Å²) in [6.07, 6.45) is -4.60. The quantitative estimate of drug-likeness (QED) is 0.518. The van der Waals surface area contributed by atoms with Gasteiger partial charge in [-0.25, -0.2) is 0 Å². The molecule has 0 bridgehead atoms. The average Bonchev–Trinajstić information content (AvgIpc) is 2.77. The average molecular weight is 444 g/mol. The molecule has 0 unspecified atom stereocenters. The minimum absolute atomic E-state index is 0.0511. The molecule has 32 heavy (non-hydrogen) atoms. The molecule has 0 saturated heterocycles. The standard InChI is InChI=1S/C24H23F3N2O3/c1-31-22-11-16(7-8-21(22)32-10-9-28)12-23(30)29-20-14-18(17-5-3-2-4-6-17)13-19(15-20)24(25,26)27/h2-8,11,13-15H,9-10,12,28H2,1H3,(H,29,30). The molecule has 0 aliphatic rings. The van der Waals surface area contributed by atoms with Crippen molar-refractivity contribution in [2.24, 2.45) is 5.73 Å². The fourth-order valence-corrected chi connectivity index (χ4v) is 3.16. The van der Waals surface area contributed by atoms with E-state index < -0.39 is 17.6 Å². The second kappa shape index (κ2) is 10.2. The molecule has 168 valence electrons. The number of carbonyl (C=O) groups excluding carboxylic acids is 1. The van der Waals surface area contributed by atoms with Crippen molar-refractivity contribution in [1.29, 1.82) is 0 Å². The molecule has 3 N–H and O–H groups in total. The number of carbonyl (C=O) groups is 1. The number of alkyl halides is 3. The van der Waals surface area contributed by atoms with Crippen molar-refractivity contribution in [3.63, 3.8) is 0 Å². The van der Waals surface area contributed by atoms with Crippen molar-refractivity contribution in [3.8, 4) is 22.6 Å². The summed E-state index contributed by atoms with van der Waals surface area (Å²) in [5.41, 5.74) is 6.26. The number of hydrogen-bond acceptors (Lipinski definition) is 4. The summed E-state index contributed by atoms with van der Waals surface area (Å²) in [5.74, 6) is 0.475. The maximum Gasteiger partial charge on any atom is 0.416 e. The zero-order valence-corrected chi connectivity index (χ0v) is 17.4. The first-order valence-electron chi connectivity index (χ1n) is 9.87. The van der Waals surface area contributed by atoms with Crippen LogP contribution >= 0.6 is 0 Å². The minimum Gasteiger partial charge on any atom is -0.493 e. The van der Waals surface area contributed by atoms with E-state index in [0.29, 0.717) is 41.3 Å². The molecule has 0 heterocycles. The molecule has 1 amide bonds. The van der Waals surface area contributed by atoms with Crippen molar-refractivity contribution in [2.45, 2.75) is 12.6 Å². The zero-order valence-electron chi connectivity index (χ0n) is 17.4. The SMILES string of the molecule is COc1cc(CC(=O)Nc2cc(-c3ccccc3)cc(C(F)(F)F)c2)ccc1OCCN. The highest BCUT2D eigenvalue weighted by atomic mass is 19.4. The topological polar surface area (TPSA) is 73.6 Å². The summed E-state index contributed by atoms with van der Waals surface area (Å²) in [7, 11) is 1.47. The Labute approximate surface area is 184 Å². The van der Waals surface area contributed by atoms with Gasteiger partial charge in [0.15, 0.2) is 11.5 Å². The molecule has 8 heteroatoms. The van der Waals surface area contributed by atoms with Crippen LogP contribution in [0, 0.1) is 0 Å². The molecule has 0 fully saturated rings. The predicted molar refractivity (Wildman–Crippen MR) is 117 cm³/mol. The Morgan fingerprint density at radius 1 is 0.969 bits per heavy atom. The fourth-order valence-electron chi connectivity index (χ4n) is 3.16. The number of amides is 1. The summed E-state index contributed by atoms with van der Waals surface area (Å²) in [4.78, 5) is 12.6. The van der Waals surface area contributed by atoms with E-state index in [2.05, 4.69) is 5.32 Å². The maximum atomic E-state index is 13.4. The summed E-state index contributed by atoms with van der Waals surface area (Å²) < 4.78 is 51.0. The first-order chi connectivity index (χ1) is 15.3. The van der Waals surface area contributed by atoms with Gasteiger partial charge in [0.2, 0.25) is 5.91 Å². The van der Waals surface area contributed by atoms with Crippen LogP contribution < -0.4 is 20.5 Å². The van der Waals surface area contributed by atoms with Gasteiger partial charge in [-0.3, -0.25) is 4.79 Å². The van der Waals surface area contributed by atoms with Gasteiger partial charge in [0.25, 0.3) is 0 Å². The number of ether oxygens (including phenoxy) is 2. The minimum atomic E-state index is -4.54. The van der Waals surface area contributed by atoms with Gasteiger partial charge in [0, 0.05) is 12.2 Å². The van der Waals surface area contributed by atoms with Gasteiger partial charge in [-0.15, -0.1) is 0 Å². The molecule has 0 aliphatic heterocycles. The van der Waals surface area contributed by atoms with Crippen molar-refractivity contribution < 1.29 is 27.4 Å². The lowest BCUT2D eigenvalue weighted by molar-refractivity contribution is -0.137. The highest BCUT2D eigenvalue weighted by Crippen LogP contribution is 2.35. The van der Waals surface area contributed by atoms with Crippen LogP contribution in [0.2, 0.25) is 0 Å². The number of hydrogen-bond donors (Lipinski definition) is 2. The predicted octanol–water partition coefficient (Wildman–Crippen LogP) is 4.90. The van der Waals surface area contributed by atoms with E-state index in [1.165, 1.54) is 13.2 Å². The van der Waals surface area contributed by atoms with E-state index in [0.717, 1.165) is 12.1 Å². The normalized spacial score (nSPS) is 11.2. The van der Waals surface area contributed by atoms with Gasteiger partial charge in [-0.1, -0.05) is 36.4 Å². The Morgan fingerprint density at radius 2 is 1.72 bits per heavy atom. The molecular formula is C24H23F3N2O3. The van der Waals surface area contributed by atoms with Crippen LogP contribution in [0.5, 0.6) is 11.5 Å². The molecule has 5 nitrogen and oxygen atoms in total. The van der Waals surface area contributed by atoms with Gasteiger partial charge < -0.3 is 20.5 Å². The lowest BCUT2D eigenvalue weighted by Crippen LogP contribution is -2.16. The fraction of sp³-hybridized carbons (Fsp3) is 0.208. The summed E-state index contributed by atoms with van der Waals surface area (Å²) in [5, 5.41) is 2.57. The molecular weight excluding hydrogens is 421 g/mol. The Hall–Kier alpha value is -3.52. The van der Waals surface area contributed by atoms with E-state index >= 15 is 0 Å². The van der Waals surface area contributed by atoms with Gasteiger partial charge in [0.05, 0.1) is 19.1 Å². The molecule has 0 radical (unpaired) electrons. The maximum absolute atomic E-state index is 13.4. The Kier molecular flexibility index (Phi) is 7.37. The van der Waals surface area contributed by atoms with Crippen molar-refractivity contribution in [3.05, 3.63) is 77.9 Å². The van der Waals surface area contributed by atoms with E-state index in [1.54, 1.807) is 48.5 Å². The first-order valence-corrected chi connectivity index (χ1v) is 9.87. The third-order valence-electron chi connectivity index (χ3n) is 4.62. The number of halogens is 3. The van der Waals surface area contributed by atoms with E-state index in [9.17, 15) is 18.0 Å². The van der Waals surface area contributed by atoms with Gasteiger partial charge in [0.1, 0.15) is 6.61 Å². The molecule has 0 atom stereocenters. The zero-order chi connectivity index (χ0) is 23.1. The van der Waals surface area contributed by atoms with E-state index in [1.807, 2.05) is 0 Å². The van der Waals surface area contributed by atoms with Crippen LogP contribution in [0.25, 0.3) is 11.1 Å². The van der Waals surface area contributed by atoms with Crippen molar-refractivity contribution in [1.82, 2.24) is 0 Å². The number of nitrogens with one attached hydrogen (secondary N) is 1. The van der Waals surface area contributed by atoms with Crippen LogP contribution in [0.3, 0.4) is 0 Å². The van der Waals surface area contributed by atoms with Crippen LogP contribution in [0.15, 0.2) is 66.7 Å². The van der Waals surface area contributed by atoms with E-state index in [4.69, 9.17) is 15.2 Å². The second-order valence-electron chi connectivity index (χ2n) is 7.01. The van der Waals surface area contributed by atoms with Gasteiger partial charge in [-0.2, -0.15) is 13.2 Å². The summed E-state index contributed by atoms with van der Waals surface area (Å²) in [6, 6.07) is 17.2. The number of anilines is 1. The lowest BCUT2D eigenvalue weighted by Gasteiger charge is -2.14. The van der Waals surface area contributed by atoms with Crippen LogP contribution in [0.4, 0.5) is 18.9 Å². The lowest BCUT2D eigenvalue weighted by atomic mass is 10.0. The van der Waals surface area contributed by atoms with Crippen LogP contribution in [0.1, 0.15) is 11.1 Å². The molecule has 0 aromatic heterocycles. The number of methoxy groups -OCH3 is 1. The Morgan fingerprint density at radius 3 is 2.38 bits per heavy atom. The summed E-state index contributed by atoms with van der Waals surface area (Å²) >= 11 is 0. The molecule has 3 aromatic carbocycles. The molecule has 0 saturated carbocycles. The summed E-state index contributed by atoms with van der Waals surface area (Å²) in [6.45, 7) is 0.657. The highest BCUT2D eigenvalue weighted by molar-refractivity contribution is 5.93.